The molecule has 0 aliphatic heterocycles. The molecule has 3 aromatic rings. The highest BCUT2D eigenvalue weighted by molar-refractivity contribution is 7.89. The fraction of sp³-hybridized carbons (Fsp3) is 0.222. The van der Waals surface area contributed by atoms with Crippen LogP contribution in [0, 0.1) is 13.8 Å². The van der Waals surface area contributed by atoms with E-state index in [0.29, 0.717) is 22.4 Å². The standard InChI is InChI=1S/C18H18ClN3O3S/c1-12-7-8-14(11-13(12)2)26(23,24)20-10-9-17-21-22-18(25-17)15-5-3-4-6-16(15)19/h3-8,11,20H,9-10H2,1-2H3. The molecule has 0 bridgehead atoms. The Morgan fingerprint density at radius 1 is 1.08 bits per heavy atom. The van der Waals surface area contributed by atoms with Crippen LogP contribution in [0.15, 0.2) is 51.8 Å². The Bertz CT molecular complexity index is 1030. The van der Waals surface area contributed by atoms with Gasteiger partial charge in [0.2, 0.25) is 21.8 Å². The van der Waals surface area contributed by atoms with E-state index in [0.717, 1.165) is 11.1 Å². The maximum absolute atomic E-state index is 12.4. The molecule has 6 nitrogen and oxygen atoms in total. The molecule has 2 aromatic carbocycles. The van der Waals surface area contributed by atoms with Crippen molar-refractivity contribution in [2.45, 2.75) is 25.2 Å². The lowest BCUT2D eigenvalue weighted by Crippen LogP contribution is -2.26. The van der Waals surface area contributed by atoms with Gasteiger partial charge in [0.05, 0.1) is 15.5 Å². The van der Waals surface area contributed by atoms with Crippen LogP contribution in [-0.2, 0) is 16.4 Å². The van der Waals surface area contributed by atoms with Crippen LogP contribution in [0.2, 0.25) is 5.02 Å². The van der Waals surface area contributed by atoms with Crippen molar-refractivity contribution in [3.8, 4) is 11.5 Å². The second-order valence-electron chi connectivity index (χ2n) is 5.87. The van der Waals surface area contributed by atoms with Gasteiger partial charge in [0, 0.05) is 13.0 Å². The number of aromatic nitrogens is 2. The second-order valence-corrected chi connectivity index (χ2v) is 8.05. The van der Waals surface area contributed by atoms with Crippen LogP contribution < -0.4 is 4.72 Å². The van der Waals surface area contributed by atoms with Crippen molar-refractivity contribution in [2.24, 2.45) is 0 Å². The van der Waals surface area contributed by atoms with Crippen LogP contribution >= 0.6 is 11.6 Å². The third kappa shape index (κ3) is 4.12. The third-order valence-corrected chi connectivity index (χ3v) is 5.78. The molecule has 0 aliphatic carbocycles. The SMILES string of the molecule is Cc1ccc(S(=O)(=O)NCCc2nnc(-c3ccccc3Cl)o2)cc1C. The summed E-state index contributed by atoms with van der Waals surface area (Å²) < 4.78 is 32.8. The number of halogens is 1. The van der Waals surface area contributed by atoms with Gasteiger partial charge in [-0.05, 0) is 49.2 Å². The van der Waals surface area contributed by atoms with Crippen LogP contribution in [0.4, 0.5) is 0 Å². The zero-order valence-corrected chi connectivity index (χ0v) is 15.9. The highest BCUT2D eigenvalue weighted by Gasteiger charge is 2.16. The van der Waals surface area contributed by atoms with Crippen molar-refractivity contribution in [1.82, 2.24) is 14.9 Å². The van der Waals surface area contributed by atoms with E-state index >= 15 is 0 Å². The molecule has 1 N–H and O–H groups in total. The fourth-order valence-corrected chi connectivity index (χ4v) is 3.69. The lowest BCUT2D eigenvalue weighted by molar-refractivity contribution is 0.502. The first-order chi connectivity index (χ1) is 12.4. The molecule has 136 valence electrons. The van der Waals surface area contributed by atoms with Gasteiger partial charge in [0.1, 0.15) is 0 Å². The van der Waals surface area contributed by atoms with Crippen molar-refractivity contribution in [1.29, 1.82) is 0 Å². The minimum absolute atomic E-state index is 0.152. The van der Waals surface area contributed by atoms with Gasteiger partial charge in [0.25, 0.3) is 0 Å². The number of nitrogens with one attached hydrogen (secondary N) is 1. The summed E-state index contributed by atoms with van der Waals surface area (Å²) in [5, 5.41) is 8.42. The van der Waals surface area contributed by atoms with Crippen molar-refractivity contribution in [2.75, 3.05) is 6.54 Å². The third-order valence-electron chi connectivity index (χ3n) is 3.99. The summed E-state index contributed by atoms with van der Waals surface area (Å²) in [5.41, 5.74) is 2.61. The van der Waals surface area contributed by atoms with Gasteiger partial charge in [-0.2, -0.15) is 0 Å². The van der Waals surface area contributed by atoms with Gasteiger partial charge in [-0.1, -0.05) is 29.8 Å². The van der Waals surface area contributed by atoms with Gasteiger partial charge in [-0.25, -0.2) is 13.1 Å². The molecule has 8 heteroatoms. The molecule has 0 atom stereocenters. The molecule has 3 rings (SSSR count). The Morgan fingerprint density at radius 2 is 1.85 bits per heavy atom. The Hall–Kier alpha value is -2.22. The highest BCUT2D eigenvalue weighted by atomic mass is 35.5. The number of rotatable bonds is 6. The summed E-state index contributed by atoms with van der Waals surface area (Å²) in [7, 11) is -3.58. The van der Waals surface area contributed by atoms with Crippen molar-refractivity contribution in [3.05, 3.63) is 64.5 Å². The van der Waals surface area contributed by atoms with Crippen LogP contribution in [-0.4, -0.2) is 25.2 Å². The molecule has 0 saturated carbocycles. The second kappa shape index (κ2) is 7.57. The summed E-state index contributed by atoms with van der Waals surface area (Å²) in [6.45, 7) is 3.97. The number of hydrogen-bond donors (Lipinski definition) is 1. The van der Waals surface area contributed by atoms with E-state index in [9.17, 15) is 8.42 Å². The Morgan fingerprint density at radius 3 is 2.58 bits per heavy atom. The maximum Gasteiger partial charge on any atom is 0.249 e. The van der Waals surface area contributed by atoms with E-state index in [2.05, 4.69) is 14.9 Å². The number of aryl methyl sites for hydroxylation is 2. The van der Waals surface area contributed by atoms with Gasteiger partial charge in [-0.3, -0.25) is 0 Å². The predicted octanol–water partition coefficient (Wildman–Crippen LogP) is 3.53. The molecule has 0 spiro atoms. The average molecular weight is 392 g/mol. The molecule has 0 unspecified atom stereocenters. The lowest BCUT2D eigenvalue weighted by atomic mass is 10.1. The van der Waals surface area contributed by atoms with E-state index in [-0.39, 0.29) is 17.9 Å². The van der Waals surface area contributed by atoms with Crippen molar-refractivity contribution in [3.63, 3.8) is 0 Å². The van der Waals surface area contributed by atoms with Crippen LogP contribution in [0.3, 0.4) is 0 Å². The first-order valence-corrected chi connectivity index (χ1v) is 9.87. The molecule has 0 fully saturated rings. The van der Waals surface area contributed by atoms with E-state index in [4.69, 9.17) is 16.0 Å². The normalized spacial score (nSPS) is 11.7. The monoisotopic (exact) mass is 391 g/mol. The molecule has 0 radical (unpaired) electrons. The summed E-state index contributed by atoms with van der Waals surface area (Å²) in [6.07, 6.45) is 0.279. The first-order valence-electron chi connectivity index (χ1n) is 8.01. The van der Waals surface area contributed by atoms with Crippen molar-refractivity contribution >= 4 is 21.6 Å². The minimum atomic E-state index is -3.58. The zero-order chi connectivity index (χ0) is 18.7. The highest BCUT2D eigenvalue weighted by Crippen LogP contribution is 2.26. The molecule has 1 aromatic heterocycles. The maximum atomic E-state index is 12.4. The fourth-order valence-electron chi connectivity index (χ4n) is 2.35. The van der Waals surface area contributed by atoms with Gasteiger partial charge >= 0.3 is 0 Å². The summed E-state index contributed by atoms with van der Waals surface area (Å²) >= 11 is 6.10. The summed E-state index contributed by atoms with van der Waals surface area (Å²) in [6, 6.07) is 12.2. The number of sulfonamides is 1. The van der Waals surface area contributed by atoms with E-state index < -0.39 is 10.0 Å². The molecule has 0 saturated heterocycles. The number of hydrogen-bond acceptors (Lipinski definition) is 5. The van der Waals surface area contributed by atoms with Crippen molar-refractivity contribution < 1.29 is 12.8 Å². The molecular weight excluding hydrogens is 374 g/mol. The molecule has 0 amide bonds. The Balaban J connectivity index is 1.65. The van der Waals surface area contributed by atoms with E-state index in [1.165, 1.54) is 0 Å². The van der Waals surface area contributed by atoms with Crippen LogP contribution in [0.25, 0.3) is 11.5 Å². The van der Waals surface area contributed by atoms with Crippen LogP contribution in [0.5, 0.6) is 0 Å². The largest absolute Gasteiger partial charge is 0.421 e. The summed E-state index contributed by atoms with van der Waals surface area (Å²) in [4.78, 5) is 0.239. The van der Waals surface area contributed by atoms with Gasteiger partial charge in [0.15, 0.2) is 0 Å². The molecule has 0 aliphatic rings. The van der Waals surface area contributed by atoms with E-state index in [1.807, 2.05) is 26.0 Å². The zero-order valence-electron chi connectivity index (χ0n) is 14.4. The first kappa shape index (κ1) is 18.6. The summed E-state index contributed by atoms with van der Waals surface area (Å²) in [5.74, 6) is 0.644. The minimum Gasteiger partial charge on any atom is -0.421 e. The quantitative estimate of drug-likeness (QED) is 0.694. The number of nitrogens with zero attached hydrogens (tertiary/aromatic N) is 2. The predicted molar refractivity (Wildman–Crippen MR) is 99.6 cm³/mol. The molecular formula is C18H18ClN3O3S. The molecule has 26 heavy (non-hydrogen) atoms. The molecule has 1 heterocycles. The smallest absolute Gasteiger partial charge is 0.249 e. The van der Waals surface area contributed by atoms with Gasteiger partial charge in [-0.15, -0.1) is 10.2 Å². The van der Waals surface area contributed by atoms with E-state index in [1.54, 1.807) is 30.3 Å². The topological polar surface area (TPSA) is 85.1 Å². The van der Waals surface area contributed by atoms with Gasteiger partial charge < -0.3 is 4.42 Å². The lowest BCUT2D eigenvalue weighted by Gasteiger charge is -2.07. The van der Waals surface area contributed by atoms with Crippen LogP contribution in [0.1, 0.15) is 17.0 Å². The average Bonchev–Trinajstić information content (AvgIpc) is 3.06. The Labute approximate surface area is 157 Å². The Kier molecular flexibility index (Phi) is 5.41. The number of benzene rings is 2.